The molecule has 1 unspecified atom stereocenters. The van der Waals surface area contributed by atoms with Gasteiger partial charge in [0.25, 0.3) is 15.9 Å². The Morgan fingerprint density at radius 1 is 1.10 bits per heavy atom. The zero-order chi connectivity index (χ0) is 22.8. The first-order chi connectivity index (χ1) is 14.6. The Labute approximate surface area is 190 Å². The number of hydrogen-bond acceptors (Lipinski definition) is 7. The van der Waals surface area contributed by atoms with Gasteiger partial charge in [0.2, 0.25) is 11.7 Å². The van der Waals surface area contributed by atoms with Crippen LogP contribution < -0.4 is 19.9 Å². The predicted octanol–water partition coefficient (Wildman–Crippen LogP) is 4.71. The summed E-state index contributed by atoms with van der Waals surface area (Å²) in [6.45, 7) is 3.49. The molecule has 0 aliphatic carbocycles. The lowest BCUT2D eigenvalue weighted by molar-refractivity contribution is 0.381. The van der Waals surface area contributed by atoms with Gasteiger partial charge in [0.1, 0.15) is 16.3 Å². The number of nitrogens with one attached hydrogen (secondary N) is 1. The summed E-state index contributed by atoms with van der Waals surface area (Å²) in [4.78, 5) is 8.31. The fourth-order valence-corrected chi connectivity index (χ4v) is 4.40. The highest BCUT2D eigenvalue weighted by molar-refractivity contribution is 7.92. The number of aryl methyl sites for hydroxylation is 1. The van der Waals surface area contributed by atoms with Crippen molar-refractivity contribution in [3.05, 3.63) is 63.8 Å². The average Bonchev–Trinajstić information content (AvgIpc) is 2.71. The Kier molecular flexibility index (Phi) is 6.90. The van der Waals surface area contributed by atoms with Crippen LogP contribution in [0.15, 0.2) is 47.4 Å². The molecule has 3 aromatic rings. The quantitative estimate of drug-likeness (QED) is 0.500. The molecule has 0 aliphatic rings. The smallest absolute Gasteiger partial charge is 0.264 e. The summed E-state index contributed by atoms with van der Waals surface area (Å²) in [5.74, 6) is 0.467. The van der Waals surface area contributed by atoms with E-state index in [4.69, 9.17) is 38.4 Å². The van der Waals surface area contributed by atoms with Crippen molar-refractivity contribution in [3.63, 3.8) is 0 Å². The van der Waals surface area contributed by atoms with Crippen molar-refractivity contribution >= 4 is 39.0 Å². The van der Waals surface area contributed by atoms with Crippen LogP contribution in [0.25, 0.3) is 0 Å². The first kappa shape index (κ1) is 23.1. The van der Waals surface area contributed by atoms with Gasteiger partial charge in [-0.25, -0.2) is 13.4 Å². The summed E-state index contributed by atoms with van der Waals surface area (Å²) in [7, 11) is -2.77. The standard InChI is InChI=1S/C20H20Cl2N4O4S/c1-11(23)13-6-4-7-14(10-13)30-19-12(2)24-18(20(25-19)29-3)26-31(27,28)16-9-5-8-15(21)17(16)22/h4-11H,23H2,1-3H3,(H,24,26). The molecule has 1 aromatic heterocycles. The number of sulfonamides is 1. The Bertz CT molecular complexity index is 1220. The molecule has 0 fully saturated rings. The summed E-state index contributed by atoms with van der Waals surface area (Å²) in [6.07, 6.45) is 0. The molecule has 11 heteroatoms. The third kappa shape index (κ3) is 5.19. The largest absolute Gasteiger partial charge is 0.478 e. The van der Waals surface area contributed by atoms with E-state index in [-0.39, 0.29) is 38.6 Å². The number of benzene rings is 2. The van der Waals surface area contributed by atoms with Crippen molar-refractivity contribution in [2.45, 2.75) is 24.8 Å². The number of methoxy groups -OCH3 is 1. The number of aromatic nitrogens is 2. The van der Waals surface area contributed by atoms with Gasteiger partial charge in [-0.15, -0.1) is 0 Å². The monoisotopic (exact) mass is 482 g/mol. The van der Waals surface area contributed by atoms with E-state index in [2.05, 4.69) is 14.7 Å². The van der Waals surface area contributed by atoms with Crippen molar-refractivity contribution < 1.29 is 17.9 Å². The fraction of sp³-hybridized carbons (Fsp3) is 0.200. The van der Waals surface area contributed by atoms with E-state index in [1.807, 2.05) is 19.1 Å². The van der Waals surface area contributed by atoms with Gasteiger partial charge in [-0.3, -0.25) is 4.72 Å². The van der Waals surface area contributed by atoms with Crippen LogP contribution >= 0.6 is 23.2 Å². The average molecular weight is 483 g/mol. The Morgan fingerprint density at radius 3 is 2.48 bits per heavy atom. The summed E-state index contributed by atoms with van der Waals surface area (Å²) in [5, 5.41) is 0.00540. The van der Waals surface area contributed by atoms with Gasteiger partial charge in [0.05, 0.1) is 17.2 Å². The van der Waals surface area contributed by atoms with Gasteiger partial charge in [0.15, 0.2) is 0 Å². The lowest BCUT2D eigenvalue weighted by Crippen LogP contribution is -2.16. The summed E-state index contributed by atoms with van der Waals surface area (Å²) in [6, 6.07) is 11.4. The number of halogens is 2. The molecular formula is C20H20Cl2N4O4S. The molecule has 0 amide bonds. The van der Waals surface area contributed by atoms with E-state index in [9.17, 15) is 8.42 Å². The maximum Gasteiger partial charge on any atom is 0.264 e. The highest BCUT2D eigenvalue weighted by Gasteiger charge is 2.24. The van der Waals surface area contributed by atoms with E-state index in [1.165, 1.54) is 25.3 Å². The molecule has 164 valence electrons. The van der Waals surface area contributed by atoms with E-state index in [0.29, 0.717) is 11.4 Å². The zero-order valence-corrected chi connectivity index (χ0v) is 19.2. The number of nitrogens with zero attached hydrogens (tertiary/aromatic N) is 2. The number of ether oxygens (including phenoxy) is 2. The fourth-order valence-electron chi connectivity index (χ4n) is 2.64. The van der Waals surface area contributed by atoms with E-state index < -0.39 is 10.0 Å². The highest BCUT2D eigenvalue weighted by atomic mass is 35.5. The molecule has 0 saturated heterocycles. The lowest BCUT2D eigenvalue weighted by atomic mass is 10.1. The molecule has 0 aliphatic heterocycles. The van der Waals surface area contributed by atoms with Gasteiger partial charge in [-0.1, -0.05) is 41.4 Å². The Hall–Kier alpha value is -2.59. The summed E-state index contributed by atoms with van der Waals surface area (Å²) in [5.41, 5.74) is 7.13. The zero-order valence-electron chi connectivity index (χ0n) is 16.9. The second-order valence-electron chi connectivity index (χ2n) is 6.59. The molecule has 3 rings (SSSR count). The topological polar surface area (TPSA) is 116 Å². The van der Waals surface area contributed by atoms with Crippen molar-refractivity contribution in [1.29, 1.82) is 0 Å². The van der Waals surface area contributed by atoms with Gasteiger partial charge < -0.3 is 15.2 Å². The minimum atomic E-state index is -4.11. The number of rotatable bonds is 7. The molecule has 31 heavy (non-hydrogen) atoms. The van der Waals surface area contributed by atoms with E-state index in [0.717, 1.165) is 5.56 Å². The Morgan fingerprint density at radius 2 is 1.81 bits per heavy atom. The minimum absolute atomic E-state index is 0.0781. The summed E-state index contributed by atoms with van der Waals surface area (Å²) >= 11 is 12.0. The summed E-state index contributed by atoms with van der Waals surface area (Å²) < 4.78 is 39.0. The minimum Gasteiger partial charge on any atom is -0.478 e. The highest BCUT2D eigenvalue weighted by Crippen LogP contribution is 2.33. The molecule has 0 bridgehead atoms. The maximum absolute atomic E-state index is 12.8. The number of hydrogen-bond donors (Lipinski definition) is 2. The van der Waals surface area contributed by atoms with Crippen LogP contribution in [-0.4, -0.2) is 25.5 Å². The predicted molar refractivity (Wildman–Crippen MR) is 120 cm³/mol. The van der Waals surface area contributed by atoms with Gasteiger partial charge in [-0.05, 0) is 43.7 Å². The normalized spacial score (nSPS) is 12.3. The second-order valence-corrected chi connectivity index (χ2v) is 9.03. The molecule has 0 radical (unpaired) electrons. The third-order valence-electron chi connectivity index (χ3n) is 4.22. The third-order valence-corrected chi connectivity index (χ3v) is 6.54. The van der Waals surface area contributed by atoms with Crippen LogP contribution in [-0.2, 0) is 10.0 Å². The second kappa shape index (κ2) is 9.27. The lowest BCUT2D eigenvalue weighted by Gasteiger charge is -2.15. The maximum atomic E-state index is 12.8. The molecule has 0 spiro atoms. The van der Waals surface area contributed by atoms with Crippen LogP contribution in [0.3, 0.4) is 0 Å². The van der Waals surface area contributed by atoms with Crippen LogP contribution in [0.2, 0.25) is 10.0 Å². The Balaban J connectivity index is 1.94. The van der Waals surface area contributed by atoms with Crippen LogP contribution in [0.1, 0.15) is 24.2 Å². The van der Waals surface area contributed by atoms with Gasteiger partial charge in [-0.2, -0.15) is 4.98 Å². The molecule has 1 heterocycles. The van der Waals surface area contributed by atoms with E-state index >= 15 is 0 Å². The first-order valence-corrected chi connectivity index (χ1v) is 11.3. The van der Waals surface area contributed by atoms with Crippen molar-refractivity contribution in [2.75, 3.05) is 11.8 Å². The molecule has 1 atom stereocenters. The van der Waals surface area contributed by atoms with Crippen molar-refractivity contribution in [2.24, 2.45) is 5.73 Å². The molecule has 2 aromatic carbocycles. The van der Waals surface area contributed by atoms with Gasteiger partial charge in [0, 0.05) is 6.04 Å². The molecule has 3 N–H and O–H groups in total. The van der Waals surface area contributed by atoms with E-state index in [1.54, 1.807) is 19.1 Å². The van der Waals surface area contributed by atoms with Crippen molar-refractivity contribution in [3.8, 4) is 17.5 Å². The number of nitrogens with two attached hydrogens (primary N) is 1. The molecule has 0 saturated carbocycles. The van der Waals surface area contributed by atoms with Crippen LogP contribution in [0.4, 0.5) is 5.82 Å². The molecular weight excluding hydrogens is 463 g/mol. The first-order valence-electron chi connectivity index (χ1n) is 9.05. The van der Waals surface area contributed by atoms with Crippen LogP contribution in [0.5, 0.6) is 17.5 Å². The molecule has 8 nitrogen and oxygen atoms in total. The van der Waals surface area contributed by atoms with Crippen molar-refractivity contribution in [1.82, 2.24) is 9.97 Å². The van der Waals surface area contributed by atoms with Crippen LogP contribution in [0, 0.1) is 6.92 Å². The number of anilines is 1. The SMILES string of the molecule is COc1nc(Oc2cccc(C(C)N)c2)c(C)nc1NS(=O)(=O)c1cccc(Cl)c1Cl. The van der Waals surface area contributed by atoms with Gasteiger partial charge >= 0.3 is 0 Å².